The number of aliphatic hydroxyl groups excluding tert-OH is 1. The summed E-state index contributed by atoms with van der Waals surface area (Å²) in [5.74, 6) is 0.867. The lowest BCUT2D eigenvalue weighted by Gasteiger charge is -2.07. The second-order valence-corrected chi connectivity index (χ2v) is 5.05. The Balaban J connectivity index is 2.39. The van der Waals surface area contributed by atoms with Crippen molar-refractivity contribution in [1.82, 2.24) is 0 Å². The van der Waals surface area contributed by atoms with Crippen molar-refractivity contribution in [2.45, 2.75) is 13.0 Å². The van der Waals surface area contributed by atoms with Crippen LogP contribution in [0.25, 0.3) is 0 Å². The van der Waals surface area contributed by atoms with Gasteiger partial charge in [-0.2, -0.15) is 0 Å². The van der Waals surface area contributed by atoms with Crippen molar-refractivity contribution in [3.63, 3.8) is 0 Å². The van der Waals surface area contributed by atoms with Crippen molar-refractivity contribution in [3.8, 4) is 16.6 Å². The lowest BCUT2D eigenvalue weighted by atomic mass is 10.3. The molecule has 0 amide bonds. The van der Waals surface area contributed by atoms with Gasteiger partial charge in [0.05, 0.1) is 18.1 Å². The van der Waals surface area contributed by atoms with Crippen LogP contribution in [0.1, 0.15) is 17.9 Å². The summed E-state index contributed by atoms with van der Waals surface area (Å²) >= 11 is 1.04. The summed E-state index contributed by atoms with van der Waals surface area (Å²) in [5.41, 5.74) is -0.170. The van der Waals surface area contributed by atoms with E-state index in [1.54, 1.807) is 31.2 Å². The molecule has 1 heterocycles. The molecule has 0 spiro atoms. The molecule has 0 saturated heterocycles. The maximum absolute atomic E-state index is 11.0. The third kappa shape index (κ3) is 2.89. The lowest BCUT2D eigenvalue weighted by Crippen LogP contribution is -1.91. The Morgan fingerprint density at radius 2 is 2.00 bits per heavy atom. The number of rotatable bonds is 5. The van der Waals surface area contributed by atoms with Crippen LogP contribution in [-0.4, -0.2) is 17.1 Å². The molecule has 1 N–H and O–H groups in total. The van der Waals surface area contributed by atoms with Gasteiger partial charge in [-0.1, -0.05) is 23.5 Å². The third-order valence-electron chi connectivity index (χ3n) is 2.58. The fourth-order valence-electron chi connectivity index (χ4n) is 1.59. The lowest BCUT2D eigenvalue weighted by molar-refractivity contribution is -0.385. The molecule has 1 aromatic heterocycles. The molecule has 0 bridgehead atoms. The van der Waals surface area contributed by atoms with Gasteiger partial charge in [-0.15, -0.1) is 0 Å². The van der Waals surface area contributed by atoms with Crippen molar-refractivity contribution < 1.29 is 19.5 Å². The summed E-state index contributed by atoms with van der Waals surface area (Å²) in [6, 6.07) is 8.19. The zero-order valence-corrected chi connectivity index (χ0v) is 11.7. The van der Waals surface area contributed by atoms with Crippen molar-refractivity contribution in [2.24, 2.45) is 0 Å². The van der Waals surface area contributed by atoms with Gasteiger partial charge in [0.15, 0.2) is 11.5 Å². The highest BCUT2D eigenvalue weighted by Gasteiger charge is 2.23. The maximum Gasteiger partial charge on any atom is 0.323 e. The average Bonchev–Trinajstić information content (AvgIpc) is 2.84. The summed E-state index contributed by atoms with van der Waals surface area (Å²) in [6.45, 7) is 1.54. The number of ether oxygens (including phenoxy) is 2. The number of hydrogen-bond acceptors (Lipinski definition) is 6. The van der Waals surface area contributed by atoms with E-state index < -0.39 is 11.0 Å². The monoisotopic (exact) mass is 295 g/mol. The molecule has 7 heteroatoms. The van der Waals surface area contributed by atoms with Crippen molar-refractivity contribution in [1.29, 1.82) is 0 Å². The van der Waals surface area contributed by atoms with Gasteiger partial charge >= 0.3 is 5.69 Å². The first kappa shape index (κ1) is 14.3. The van der Waals surface area contributed by atoms with Crippen LogP contribution in [0.3, 0.4) is 0 Å². The van der Waals surface area contributed by atoms with E-state index in [4.69, 9.17) is 9.47 Å². The third-order valence-corrected chi connectivity index (χ3v) is 3.75. The number of methoxy groups -OCH3 is 1. The van der Waals surface area contributed by atoms with Crippen LogP contribution in [0.15, 0.2) is 30.3 Å². The molecule has 0 saturated carbocycles. The smallest absolute Gasteiger partial charge is 0.323 e. The van der Waals surface area contributed by atoms with Crippen LogP contribution in [-0.2, 0) is 0 Å². The standard InChI is InChI=1S/C13H13NO5S/c1-8(15)12-7-9(14(16)17)13(20-12)19-11-6-4-3-5-10(11)18-2/h3-8,15H,1-2H3. The predicted octanol–water partition coefficient (Wildman–Crippen LogP) is 3.51. The topological polar surface area (TPSA) is 81.8 Å². The summed E-state index contributed by atoms with van der Waals surface area (Å²) in [5, 5.41) is 20.7. The first-order chi connectivity index (χ1) is 9.52. The first-order valence-corrected chi connectivity index (χ1v) is 6.61. The molecule has 0 aliphatic rings. The highest BCUT2D eigenvalue weighted by molar-refractivity contribution is 7.14. The summed E-state index contributed by atoms with van der Waals surface area (Å²) < 4.78 is 10.7. The minimum Gasteiger partial charge on any atom is -0.493 e. The Labute approximate surface area is 119 Å². The summed E-state index contributed by atoms with van der Waals surface area (Å²) in [7, 11) is 1.49. The second kappa shape index (κ2) is 5.89. The molecule has 0 fully saturated rings. The van der Waals surface area contributed by atoms with Crippen LogP contribution in [0, 0.1) is 10.1 Å². The van der Waals surface area contributed by atoms with Crippen LogP contribution in [0.2, 0.25) is 0 Å². The number of nitrogens with zero attached hydrogens (tertiary/aromatic N) is 1. The van der Waals surface area contributed by atoms with E-state index in [9.17, 15) is 15.2 Å². The zero-order chi connectivity index (χ0) is 14.7. The van der Waals surface area contributed by atoms with Crippen LogP contribution >= 0.6 is 11.3 Å². The van der Waals surface area contributed by atoms with Gasteiger partial charge in [0.25, 0.3) is 5.06 Å². The molecule has 0 radical (unpaired) electrons. The van der Waals surface area contributed by atoms with E-state index in [1.165, 1.54) is 13.2 Å². The first-order valence-electron chi connectivity index (χ1n) is 5.80. The Morgan fingerprint density at radius 3 is 2.55 bits per heavy atom. The highest BCUT2D eigenvalue weighted by atomic mass is 32.1. The van der Waals surface area contributed by atoms with E-state index in [2.05, 4.69) is 0 Å². The number of benzene rings is 1. The number of hydrogen-bond donors (Lipinski definition) is 1. The highest BCUT2D eigenvalue weighted by Crippen LogP contribution is 2.43. The summed E-state index contributed by atoms with van der Waals surface area (Å²) in [4.78, 5) is 11.0. The number of thiophene rings is 1. The molecule has 6 nitrogen and oxygen atoms in total. The van der Waals surface area contributed by atoms with Gasteiger partial charge in [0.1, 0.15) is 0 Å². The van der Waals surface area contributed by atoms with E-state index in [1.807, 2.05) is 0 Å². The Bertz CT molecular complexity index is 623. The van der Waals surface area contributed by atoms with Gasteiger partial charge in [-0.3, -0.25) is 10.1 Å². The minimum atomic E-state index is -0.784. The molecule has 0 aliphatic carbocycles. The van der Waals surface area contributed by atoms with Crippen LogP contribution in [0.5, 0.6) is 16.6 Å². The maximum atomic E-state index is 11.0. The van der Waals surface area contributed by atoms with Gasteiger partial charge < -0.3 is 14.6 Å². The van der Waals surface area contributed by atoms with Crippen molar-refractivity contribution in [2.75, 3.05) is 7.11 Å². The predicted molar refractivity (Wildman–Crippen MR) is 74.7 cm³/mol. The Hall–Kier alpha value is -2.12. The molecular weight excluding hydrogens is 282 g/mol. The van der Waals surface area contributed by atoms with E-state index in [-0.39, 0.29) is 10.8 Å². The zero-order valence-electron chi connectivity index (χ0n) is 10.9. The Morgan fingerprint density at radius 1 is 1.35 bits per heavy atom. The number of para-hydroxylation sites is 2. The molecule has 2 rings (SSSR count). The second-order valence-electron chi connectivity index (χ2n) is 4.01. The van der Waals surface area contributed by atoms with Gasteiger partial charge in [-0.05, 0) is 19.1 Å². The van der Waals surface area contributed by atoms with Crippen molar-refractivity contribution >= 4 is 17.0 Å². The number of nitro groups is 1. The molecule has 106 valence electrons. The van der Waals surface area contributed by atoms with Gasteiger partial charge in [-0.25, -0.2) is 0 Å². The van der Waals surface area contributed by atoms with E-state index in [0.29, 0.717) is 16.4 Å². The van der Waals surface area contributed by atoms with E-state index >= 15 is 0 Å². The SMILES string of the molecule is COc1ccccc1Oc1sc(C(C)O)cc1[N+](=O)[O-]. The van der Waals surface area contributed by atoms with Crippen LogP contribution in [0.4, 0.5) is 5.69 Å². The van der Waals surface area contributed by atoms with Crippen LogP contribution < -0.4 is 9.47 Å². The normalized spacial score (nSPS) is 11.9. The molecule has 1 aromatic carbocycles. The van der Waals surface area contributed by atoms with Gasteiger partial charge in [0.2, 0.25) is 0 Å². The largest absolute Gasteiger partial charge is 0.493 e. The minimum absolute atomic E-state index is 0.121. The van der Waals surface area contributed by atoms with Crippen molar-refractivity contribution in [3.05, 3.63) is 45.3 Å². The molecule has 2 aromatic rings. The number of aliphatic hydroxyl groups is 1. The quantitative estimate of drug-likeness (QED) is 0.674. The summed E-state index contributed by atoms with van der Waals surface area (Å²) in [6.07, 6.45) is -0.784. The molecular formula is C13H13NO5S. The fraction of sp³-hybridized carbons (Fsp3) is 0.231. The average molecular weight is 295 g/mol. The Kier molecular flexibility index (Phi) is 4.21. The fourth-order valence-corrected chi connectivity index (χ4v) is 2.52. The van der Waals surface area contributed by atoms with E-state index in [0.717, 1.165) is 11.3 Å². The molecule has 20 heavy (non-hydrogen) atoms. The van der Waals surface area contributed by atoms with Gasteiger partial charge in [0, 0.05) is 10.9 Å². The molecule has 1 unspecified atom stereocenters. The molecule has 1 atom stereocenters. The molecule has 0 aliphatic heterocycles.